The molecule has 6 heteroatoms. The van der Waals surface area contributed by atoms with Gasteiger partial charge in [-0.05, 0) is 67.1 Å². The number of anilines is 2. The predicted octanol–water partition coefficient (Wildman–Crippen LogP) is 5.49. The van der Waals surface area contributed by atoms with Crippen LogP contribution >= 0.6 is 0 Å². The van der Waals surface area contributed by atoms with Gasteiger partial charge in [-0.3, -0.25) is 9.52 Å². The number of rotatable bonds is 9. The minimum absolute atomic E-state index is 0.0432. The molecule has 0 spiro atoms. The van der Waals surface area contributed by atoms with Crippen molar-refractivity contribution in [2.45, 2.75) is 51.3 Å². The van der Waals surface area contributed by atoms with Crippen LogP contribution in [0.2, 0.25) is 0 Å². The van der Waals surface area contributed by atoms with Crippen molar-refractivity contribution in [2.24, 2.45) is 0 Å². The van der Waals surface area contributed by atoms with Crippen LogP contribution < -0.4 is 10.0 Å². The van der Waals surface area contributed by atoms with Crippen molar-refractivity contribution in [1.29, 1.82) is 0 Å². The van der Waals surface area contributed by atoms with Gasteiger partial charge >= 0.3 is 0 Å². The molecule has 1 amide bonds. The SMILES string of the molecule is CCc1cccc(CC)c1NC(=O)CCc1ccc(S(=O)(=O)Nc2ccc(C)cc2)cc1. The Hall–Kier alpha value is -3.12. The van der Waals surface area contributed by atoms with Gasteiger partial charge in [0.05, 0.1) is 4.90 Å². The van der Waals surface area contributed by atoms with E-state index in [0.717, 1.165) is 40.8 Å². The third-order valence-electron chi connectivity index (χ3n) is 5.44. The monoisotopic (exact) mass is 450 g/mol. The van der Waals surface area contributed by atoms with E-state index in [1.165, 1.54) is 0 Å². The summed E-state index contributed by atoms with van der Waals surface area (Å²) in [6.45, 7) is 6.10. The Morgan fingerprint density at radius 2 is 1.44 bits per heavy atom. The van der Waals surface area contributed by atoms with Gasteiger partial charge in [0.2, 0.25) is 5.91 Å². The number of sulfonamides is 1. The van der Waals surface area contributed by atoms with Crippen molar-refractivity contribution in [3.8, 4) is 0 Å². The molecule has 2 N–H and O–H groups in total. The smallest absolute Gasteiger partial charge is 0.261 e. The van der Waals surface area contributed by atoms with Crippen LogP contribution in [-0.4, -0.2) is 14.3 Å². The number of hydrogen-bond acceptors (Lipinski definition) is 3. The van der Waals surface area contributed by atoms with E-state index < -0.39 is 10.0 Å². The molecule has 0 atom stereocenters. The first kappa shape index (κ1) is 23.5. The zero-order valence-corrected chi connectivity index (χ0v) is 19.6. The van der Waals surface area contributed by atoms with Crippen LogP contribution in [0.1, 0.15) is 42.5 Å². The van der Waals surface area contributed by atoms with Gasteiger partial charge in [0, 0.05) is 17.8 Å². The summed E-state index contributed by atoms with van der Waals surface area (Å²) in [5.74, 6) is -0.0432. The molecule has 0 aliphatic rings. The molecule has 0 saturated heterocycles. The van der Waals surface area contributed by atoms with Crippen molar-refractivity contribution in [3.63, 3.8) is 0 Å². The Morgan fingerprint density at radius 3 is 2.00 bits per heavy atom. The molecule has 0 aromatic heterocycles. The van der Waals surface area contributed by atoms with Crippen LogP contribution in [-0.2, 0) is 34.1 Å². The quantitative estimate of drug-likeness (QED) is 0.452. The molecule has 0 saturated carbocycles. The number of benzene rings is 3. The number of carbonyl (C=O) groups excluding carboxylic acids is 1. The number of hydrogen-bond donors (Lipinski definition) is 2. The highest BCUT2D eigenvalue weighted by molar-refractivity contribution is 7.92. The molecule has 3 aromatic rings. The number of amides is 1. The van der Waals surface area contributed by atoms with E-state index in [1.807, 2.05) is 37.3 Å². The van der Waals surface area contributed by atoms with Gasteiger partial charge in [0.15, 0.2) is 0 Å². The molecule has 32 heavy (non-hydrogen) atoms. The van der Waals surface area contributed by atoms with Crippen LogP contribution in [0.5, 0.6) is 0 Å². The fourth-order valence-corrected chi connectivity index (χ4v) is 4.59. The summed E-state index contributed by atoms with van der Waals surface area (Å²) in [4.78, 5) is 12.7. The molecule has 3 aromatic carbocycles. The van der Waals surface area contributed by atoms with Crippen LogP contribution in [0.25, 0.3) is 0 Å². The molecular weight excluding hydrogens is 420 g/mol. The predicted molar refractivity (Wildman–Crippen MR) is 131 cm³/mol. The average Bonchev–Trinajstić information content (AvgIpc) is 2.79. The van der Waals surface area contributed by atoms with E-state index in [9.17, 15) is 13.2 Å². The summed E-state index contributed by atoms with van der Waals surface area (Å²) in [5, 5.41) is 3.07. The van der Waals surface area contributed by atoms with E-state index in [4.69, 9.17) is 0 Å². The number of carbonyl (C=O) groups is 1. The van der Waals surface area contributed by atoms with Crippen molar-refractivity contribution in [2.75, 3.05) is 10.0 Å². The van der Waals surface area contributed by atoms with Crippen LogP contribution in [0, 0.1) is 6.92 Å². The second-order valence-electron chi connectivity index (χ2n) is 7.82. The second kappa shape index (κ2) is 10.5. The molecule has 0 fully saturated rings. The van der Waals surface area contributed by atoms with E-state index in [-0.39, 0.29) is 10.8 Å². The number of nitrogens with one attached hydrogen (secondary N) is 2. The standard InChI is InChI=1S/C26H30N2O3S/c1-4-21-7-6-8-22(5-2)26(21)27-25(29)18-13-20-11-16-24(17-12-20)32(30,31)28-23-14-9-19(3)10-15-23/h6-12,14-17,28H,4-5,13,18H2,1-3H3,(H,27,29). The first-order chi connectivity index (χ1) is 15.3. The summed E-state index contributed by atoms with van der Waals surface area (Å²) < 4.78 is 27.8. The number of aryl methyl sites for hydroxylation is 4. The van der Waals surface area contributed by atoms with Gasteiger partial charge in [-0.2, -0.15) is 0 Å². The lowest BCUT2D eigenvalue weighted by Crippen LogP contribution is -2.15. The third kappa shape index (κ3) is 5.98. The van der Waals surface area contributed by atoms with E-state index >= 15 is 0 Å². The molecule has 0 heterocycles. The maximum Gasteiger partial charge on any atom is 0.261 e. The summed E-state index contributed by atoms with van der Waals surface area (Å²) in [6.07, 6.45) is 2.58. The molecule has 3 rings (SSSR count). The largest absolute Gasteiger partial charge is 0.326 e. The van der Waals surface area contributed by atoms with Crippen molar-refractivity contribution in [1.82, 2.24) is 0 Å². The van der Waals surface area contributed by atoms with Gasteiger partial charge in [0.25, 0.3) is 10.0 Å². The molecular formula is C26H30N2O3S. The molecule has 0 aliphatic carbocycles. The van der Waals surface area contributed by atoms with Crippen molar-refractivity contribution >= 4 is 27.3 Å². The first-order valence-electron chi connectivity index (χ1n) is 10.9. The highest BCUT2D eigenvalue weighted by atomic mass is 32.2. The normalized spacial score (nSPS) is 11.2. The topological polar surface area (TPSA) is 75.3 Å². The molecule has 168 valence electrons. The maximum atomic E-state index is 12.6. The summed E-state index contributed by atoms with van der Waals surface area (Å²) in [6, 6.07) is 20.0. The lowest BCUT2D eigenvalue weighted by atomic mass is 10.0. The second-order valence-corrected chi connectivity index (χ2v) is 9.50. The van der Waals surface area contributed by atoms with Crippen LogP contribution in [0.15, 0.2) is 71.6 Å². The number of para-hydroxylation sites is 1. The third-order valence-corrected chi connectivity index (χ3v) is 6.84. The average molecular weight is 451 g/mol. The summed E-state index contributed by atoms with van der Waals surface area (Å²) in [7, 11) is -3.66. The molecule has 0 unspecified atom stereocenters. The lowest BCUT2D eigenvalue weighted by molar-refractivity contribution is -0.116. The van der Waals surface area contributed by atoms with Gasteiger partial charge in [0.1, 0.15) is 0 Å². The minimum Gasteiger partial charge on any atom is -0.326 e. The van der Waals surface area contributed by atoms with Gasteiger partial charge in [-0.25, -0.2) is 8.42 Å². The molecule has 5 nitrogen and oxygen atoms in total. The van der Waals surface area contributed by atoms with E-state index in [1.54, 1.807) is 36.4 Å². The maximum absolute atomic E-state index is 12.6. The summed E-state index contributed by atoms with van der Waals surface area (Å²) in [5.41, 5.74) is 5.68. The Labute approximate surface area is 190 Å². The van der Waals surface area contributed by atoms with Crippen LogP contribution in [0.4, 0.5) is 11.4 Å². The Morgan fingerprint density at radius 1 is 0.844 bits per heavy atom. The lowest BCUT2D eigenvalue weighted by Gasteiger charge is -2.14. The van der Waals surface area contributed by atoms with E-state index in [2.05, 4.69) is 23.9 Å². The fourth-order valence-electron chi connectivity index (χ4n) is 3.53. The molecule has 0 bridgehead atoms. The highest BCUT2D eigenvalue weighted by Crippen LogP contribution is 2.23. The molecule has 0 aliphatic heterocycles. The van der Waals surface area contributed by atoms with Crippen LogP contribution in [0.3, 0.4) is 0 Å². The Balaban J connectivity index is 1.61. The molecule has 0 radical (unpaired) electrons. The van der Waals surface area contributed by atoms with Gasteiger partial charge in [-0.1, -0.05) is 61.9 Å². The Kier molecular flexibility index (Phi) is 7.70. The zero-order chi connectivity index (χ0) is 23.1. The van der Waals surface area contributed by atoms with Gasteiger partial charge < -0.3 is 5.32 Å². The Bertz CT molecular complexity index is 1150. The van der Waals surface area contributed by atoms with E-state index in [0.29, 0.717) is 18.5 Å². The fraction of sp³-hybridized carbons (Fsp3) is 0.269. The van der Waals surface area contributed by atoms with Crippen molar-refractivity contribution in [3.05, 3.63) is 89.0 Å². The first-order valence-corrected chi connectivity index (χ1v) is 12.4. The highest BCUT2D eigenvalue weighted by Gasteiger charge is 2.15. The minimum atomic E-state index is -3.66. The summed E-state index contributed by atoms with van der Waals surface area (Å²) >= 11 is 0. The van der Waals surface area contributed by atoms with Gasteiger partial charge in [-0.15, -0.1) is 0 Å². The van der Waals surface area contributed by atoms with Crippen molar-refractivity contribution < 1.29 is 13.2 Å². The zero-order valence-electron chi connectivity index (χ0n) is 18.8.